The smallest absolute Gasteiger partial charge is 0.408 e. The van der Waals surface area contributed by atoms with Gasteiger partial charge in [-0.05, 0) is 18.2 Å². The first kappa shape index (κ1) is 12.9. The van der Waals surface area contributed by atoms with Gasteiger partial charge in [0.1, 0.15) is 0 Å². The first-order valence-corrected chi connectivity index (χ1v) is 6.82. The molecule has 0 atom stereocenters. The fourth-order valence-corrected chi connectivity index (χ4v) is 2.59. The van der Waals surface area contributed by atoms with Crippen molar-refractivity contribution in [2.75, 3.05) is 0 Å². The Morgan fingerprint density at radius 1 is 1.10 bits per heavy atom. The number of rotatable bonds is 3. The van der Waals surface area contributed by atoms with Gasteiger partial charge in [-0.2, -0.15) is 0 Å². The van der Waals surface area contributed by atoms with Gasteiger partial charge in [0, 0.05) is 10.0 Å². The lowest BCUT2D eigenvalue weighted by atomic mass is 10.1. The highest BCUT2D eigenvalue weighted by Gasteiger charge is 2.15. The van der Waals surface area contributed by atoms with Gasteiger partial charge in [-0.3, -0.25) is 9.36 Å². The average molecular weight is 332 g/mol. The normalized spacial score (nSPS) is 10.8. The lowest BCUT2D eigenvalue weighted by molar-refractivity contribution is 0.0970. The predicted molar refractivity (Wildman–Crippen MR) is 78.9 cm³/mol. The number of aromatic nitrogens is 1. The monoisotopic (exact) mass is 331 g/mol. The molecule has 3 rings (SSSR count). The number of carbonyl (C=O) groups excluding carboxylic acids is 1. The van der Waals surface area contributed by atoms with Gasteiger partial charge in [-0.1, -0.05) is 46.3 Å². The summed E-state index contributed by atoms with van der Waals surface area (Å²) in [5.74, 6) is -0.669. The summed E-state index contributed by atoms with van der Waals surface area (Å²) in [6, 6.07) is 14.2. The highest BCUT2D eigenvalue weighted by molar-refractivity contribution is 9.10. The molecule has 1 aromatic heterocycles. The van der Waals surface area contributed by atoms with E-state index >= 15 is 0 Å². The van der Waals surface area contributed by atoms with E-state index in [0.717, 1.165) is 0 Å². The Morgan fingerprint density at radius 3 is 2.60 bits per heavy atom. The zero-order valence-electron chi connectivity index (χ0n) is 10.4. The van der Waals surface area contributed by atoms with Gasteiger partial charge in [-0.15, -0.1) is 0 Å². The number of halogens is 1. The number of hydrogen-bond donors (Lipinski definition) is 0. The molecule has 0 radical (unpaired) electrons. The van der Waals surface area contributed by atoms with E-state index in [4.69, 9.17) is 4.42 Å². The van der Waals surface area contributed by atoms with Crippen molar-refractivity contribution in [1.82, 2.24) is 4.57 Å². The summed E-state index contributed by atoms with van der Waals surface area (Å²) in [6.07, 6.45) is 0. The summed E-state index contributed by atoms with van der Waals surface area (Å²) in [5, 5.41) is 0. The predicted octanol–water partition coefficient (Wildman–Crippen LogP) is 3.24. The van der Waals surface area contributed by atoms with Gasteiger partial charge in [0.15, 0.2) is 11.4 Å². The second kappa shape index (κ2) is 5.09. The number of fused-ring (bicyclic) bond motifs is 1. The summed E-state index contributed by atoms with van der Waals surface area (Å²) in [4.78, 5) is 24.1. The zero-order chi connectivity index (χ0) is 14.1. The molecular formula is C15H10BrNO3. The summed E-state index contributed by atoms with van der Waals surface area (Å²) in [7, 11) is 0. The first-order valence-electron chi connectivity index (χ1n) is 6.03. The van der Waals surface area contributed by atoms with E-state index in [0.29, 0.717) is 21.1 Å². The minimum atomic E-state index is -0.522. The molecule has 0 aliphatic heterocycles. The molecule has 0 bridgehead atoms. The molecule has 0 saturated carbocycles. The van der Waals surface area contributed by atoms with Crippen molar-refractivity contribution in [3.05, 3.63) is 69.1 Å². The van der Waals surface area contributed by atoms with Crippen molar-refractivity contribution >= 4 is 32.8 Å². The Labute approximate surface area is 122 Å². The molecule has 0 aliphatic carbocycles. The molecule has 20 heavy (non-hydrogen) atoms. The summed E-state index contributed by atoms with van der Waals surface area (Å²) < 4.78 is 7.17. The Hall–Kier alpha value is -2.14. The molecule has 0 unspecified atom stereocenters. The van der Waals surface area contributed by atoms with E-state index in [1.807, 2.05) is 6.07 Å². The number of ketones is 1. The fourth-order valence-electron chi connectivity index (χ4n) is 2.08. The zero-order valence-corrected chi connectivity index (χ0v) is 12.0. The number of Topliss-reactive ketones (excluding diaryl/α,β-unsaturated/α-hetero) is 1. The highest BCUT2D eigenvalue weighted by atomic mass is 79.9. The lowest BCUT2D eigenvalue weighted by Gasteiger charge is -2.04. The van der Waals surface area contributed by atoms with Crippen LogP contribution >= 0.6 is 15.9 Å². The number of carbonyl (C=O) groups is 1. The minimum Gasteiger partial charge on any atom is -0.408 e. The summed E-state index contributed by atoms with van der Waals surface area (Å²) in [6.45, 7) is -0.0432. The topological polar surface area (TPSA) is 52.2 Å². The van der Waals surface area contributed by atoms with Gasteiger partial charge in [0.25, 0.3) is 0 Å². The van der Waals surface area contributed by atoms with Crippen LogP contribution in [0.15, 0.2) is 62.2 Å². The number of hydrogen-bond acceptors (Lipinski definition) is 3. The van der Waals surface area contributed by atoms with Crippen molar-refractivity contribution in [3.8, 4) is 0 Å². The Balaban J connectivity index is 2.02. The van der Waals surface area contributed by atoms with Crippen molar-refractivity contribution in [2.24, 2.45) is 0 Å². The number of benzene rings is 2. The van der Waals surface area contributed by atoms with Crippen LogP contribution in [-0.2, 0) is 6.54 Å². The molecule has 100 valence electrons. The quantitative estimate of drug-likeness (QED) is 0.692. The molecule has 0 amide bonds. The Bertz CT molecular complexity index is 847. The molecule has 4 nitrogen and oxygen atoms in total. The number of para-hydroxylation sites is 2. The van der Waals surface area contributed by atoms with E-state index in [-0.39, 0.29) is 12.3 Å². The van der Waals surface area contributed by atoms with Crippen LogP contribution in [0, 0.1) is 0 Å². The SMILES string of the molecule is O=C(Cn1c(=O)oc2ccccc21)c1ccccc1Br. The van der Waals surface area contributed by atoms with Crippen LogP contribution in [0.3, 0.4) is 0 Å². The molecule has 0 N–H and O–H groups in total. The summed E-state index contributed by atoms with van der Waals surface area (Å²) in [5.41, 5.74) is 1.65. The van der Waals surface area contributed by atoms with Gasteiger partial charge in [0.2, 0.25) is 0 Å². The standard InChI is InChI=1S/C15H10BrNO3/c16-11-6-2-1-5-10(11)13(18)9-17-12-7-3-4-8-14(12)20-15(17)19/h1-8H,9H2. The van der Waals surface area contributed by atoms with Crippen LogP contribution in [0.5, 0.6) is 0 Å². The second-order valence-corrected chi connectivity index (χ2v) is 5.18. The lowest BCUT2D eigenvalue weighted by Crippen LogP contribution is -2.20. The third-order valence-corrected chi connectivity index (χ3v) is 3.74. The largest absolute Gasteiger partial charge is 0.420 e. The van der Waals surface area contributed by atoms with Crippen LogP contribution in [0.2, 0.25) is 0 Å². The maximum absolute atomic E-state index is 12.3. The first-order chi connectivity index (χ1) is 9.66. The van der Waals surface area contributed by atoms with Crippen LogP contribution in [-0.4, -0.2) is 10.4 Å². The van der Waals surface area contributed by atoms with Gasteiger partial charge in [-0.25, -0.2) is 4.79 Å². The maximum atomic E-state index is 12.3. The molecule has 3 aromatic rings. The van der Waals surface area contributed by atoms with E-state index in [9.17, 15) is 9.59 Å². The van der Waals surface area contributed by atoms with E-state index in [1.54, 1.807) is 42.5 Å². The van der Waals surface area contributed by atoms with E-state index < -0.39 is 5.76 Å². The molecular weight excluding hydrogens is 322 g/mol. The third-order valence-electron chi connectivity index (χ3n) is 3.05. The molecule has 0 saturated heterocycles. The molecule has 0 spiro atoms. The van der Waals surface area contributed by atoms with Crippen molar-refractivity contribution in [1.29, 1.82) is 0 Å². The molecule has 1 heterocycles. The van der Waals surface area contributed by atoms with Gasteiger partial charge < -0.3 is 4.42 Å². The average Bonchev–Trinajstić information content (AvgIpc) is 2.76. The summed E-state index contributed by atoms with van der Waals surface area (Å²) >= 11 is 3.34. The van der Waals surface area contributed by atoms with Crippen molar-refractivity contribution in [3.63, 3.8) is 0 Å². The Kier molecular flexibility index (Phi) is 3.28. The van der Waals surface area contributed by atoms with Crippen LogP contribution in [0.1, 0.15) is 10.4 Å². The molecule has 0 fully saturated rings. The number of nitrogens with zero attached hydrogens (tertiary/aromatic N) is 1. The molecule has 5 heteroatoms. The molecule has 2 aromatic carbocycles. The van der Waals surface area contributed by atoms with E-state index in [1.165, 1.54) is 4.57 Å². The van der Waals surface area contributed by atoms with Crippen molar-refractivity contribution in [2.45, 2.75) is 6.54 Å². The van der Waals surface area contributed by atoms with Gasteiger partial charge in [0.05, 0.1) is 12.1 Å². The Morgan fingerprint density at radius 2 is 1.80 bits per heavy atom. The van der Waals surface area contributed by atoms with Crippen LogP contribution in [0.4, 0.5) is 0 Å². The van der Waals surface area contributed by atoms with E-state index in [2.05, 4.69) is 15.9 Å². The minimum absolute atomic E-state index is 0.0432. The second-order valence-electron chi connectivity index (χ2n) is 4.32. The highest BCUT2D eigenvalue weighted by Crippen LogP contribution is 2.18. The molecule has 0 aliphatic rings. The number of oxazole rings is 1. The van der Waals surface area contributed by atoms with Crippen LogP contribution < -0.4 is 5.76 Å². The van der Waals surface area contributed by atoms with Crippen LogP contribution in [0.25, 0.3) is 11.1 Å². The maximum Gasteiger partial charge on any atom is 0.420 e. The van der Waals surface area contributed by atoms with Gasteiger partial charge >= 0.3 is 5.76 Å². The fraction of sp³-hybridized carbons (Fsp3) is 0.0667. The van der Waals surface area contributed by atoms with Crippen molar-refractivity contribution < 1.29 is 9.21 Å². The third kappa shape index (κ3) is 2.20.